The molecular formula is C9H17N5O. The lowest BCUT2D eigenvalue weighted by Crippen LogP contribution is -2.49. The molecule has 6 nitrogen and oxygen atoms in total. The summed E-state index contributed by atoms with van der Waals surface area (Å²) in [7, 11) is 1.79. The molecule has 0 amide bonds. The molecule has 1 unspecified atom stereocenters. The molecular weight excluding hydrogens is 194 g/mol. The fourth-order valence-electron chi connectivity index (χ4n) is 1.91. The van der Waals surface area contributed by atoms with E-state index in [1.54, 1.807) is 18.1 Å². The summed E-state index contributed by atoms with van der Waals surface area (Å²) >= 11 is 0. The third-order valence-corrected chi connectivity index (χ3v) is 2.94. The van der Waals surface area contributed by atoms with Crippen LogP contribution in [0.3, 0.4) is 0 Å². The Morgan fingerprint density at radius 1 is 1.60 bits per heavy atom. The van der Waals surface area contributed by atoms with E-state index in [0.717, 1.165) is 13.1 Å². The number of nitrogens with zero attached hydrogens (tertiary/aromatic N) is 3. The molecule has 1 aromatic heterocycles. The lowest BCUT2D eigenvalue weighted by Gasteiger charge is -2.36. The maximum Gasteiger partial charge on any atom is 0.170 e. The number of piperidine rings is 1. The van der Waals surface area contributed by atoms with Gasteiger partial charge in [0.2, 0.25) is 0 Å². The second kappa shape index (κ2) is 3.88. The highest BCUT2D eigenvalue weighted by Crippen LogP contribution is 2.29. The first kappa shape index (κ1) is 10.5. The van der Waals surface area contributed by atoms with Crippen molar-refractivity contribution in [1.29, 1.82) is 0 Å². The van der Waals surface area contributed by atoms with Gasteiger partial charge in [-0.2, -0.15) is 5.10 Å². The van der Waals surface area contributed by atoms with Crippen LogP contribution >= 0.6 is 0 Å². The van der Waals surface area contributed by atoms with Gasteiger partial charge < -0.3 is 16.2 Å². The number of nitrogens with one attached hydrogen (secondary N) is 1. The first-order valence-electron chi connectivity index (χ1n) is 5.16. The first-order valence-corrected chi connectivity index (χ1v) is 5.16. The van der Waals surface area contributed by atoms with Gasteiger partial charge in [-0.1, -0.05) is 0 Å². The van der Waals surface area contributed by atoms with Crippen molar-refractivity contribution in [3.63, 3.8) is 0 Å². The lowest BCUT2D eigenvalue weighted by molar-refractivity contribution is -0.0166. The van der Waals surface area contributed by atoms with Crippen LogP contribution in [0.1, 0.15) is 24.7 Å². The maximum atomic E-state index is 10.3. The molecule has 0 aliphatic carbocycles. The fourth-order valence-corrected chi connectivity index (χ4v) is 1.91. The largest absolute Gasteiger partial charge is 0.388 e. The predicted octanol–water partition coefficient (Wildman–Crippen LogP) is -1.07. The van der Waals surface area contributed by atoms with Crippen molar-refractivity contribution in [2.75, 3.05) is 13.1 Å². The summed E-state index contributed by atoms with van der Waals surface area (Å²) in [5.74, 6) is 0.516. The Balaban J connectivity index is 2.15. The third-order valence-electron chi connectivity index (χ3n) is 2.94. The minimum atomic E-state index is -0.868. The predicted molar refractivity (Wildman–Crippen MR) is 55.0 cm³/mol. The molecule has 84 valence electrons. The van der Waals surface area contributed by atoms with Gasteiger partial charge in [-0.3, -0.25) is 4.68 Å². The maximum absolute atomic E-state index is 10.3. The number of nitrogens with two attached hydrogens (primary N) is 1. The van der Waals surface area contributed by atoms with Crippen molar-refractivity contribution in [3.05, 3.63) is 12.2 Å². The zero-order valence-electron chi connectivity index (χ0n) is 8.85. The van der Waals surface area contributed by atoms with Crippen LogP contribution < -0.4 is 11.1 Å². The Kier molecular flexibility index (Phi) is 2.72. The smallest absolute Gasteiger partial charge is 0.170 e. The summed E-state index contributed by atoms with van der Waals surface area (Å²) in [6.07, 6.45) is 2.89. The quantitative estimate of drug-likeness (QED) is 0.579. The van der Waals surface area contributed by atoms with Gasteiger partial charge in [0.15, 0.2) is 5.82 Å². The fraction of sp³-hybridized carbons (Fsp3) is 0.778. The summed E-state index contributed by atoms with van der Waals surface area (Å²) in [5.41, 5.74) is 5.13. The van der Waals surface area contributed by atoms with Gasteiger partial charge >= 0.3 is 0 Å². The summed E-state index contributed by atoms with van der Waals surface area (Å²) in [6.45, 7) is 1.58. The van der Waals surface area contributed by atoms with E-state index in [1.165, 1.54) is 0 Å². The van der Waals surface area contributed by atoms with Crippen LogP contribution in [0.4, 0.5) is 0 Å². The van der Waals surface area contributed by atoms with E-state index in [0.29, 0.717) is 18.7 Å². The van der Waals surface area contributed by atoms with Crippen LogP contribution in [0, 0.1) is 0 Å². The molecule has 2 rings (SSSR count). The molecule has 1 saturated heterocycles. The Hall–Kier alpha value is -0.980. The van der Waals surface area contributed by atoms with Crippen molar-refractivity contribution < 1.29 is 5.11 Å². The number of hydrogen-bond acceptors (Lipinski definition) is 5. The molecule has 1 aromatic rings. The number of aliphatic hydroxyl groups is 1. The van der Waals surface area contributed by atoms with Gasteiger partial charge in [0.1, 0.15) is 6.33 Å². The zero-order valence-corrected chi connectivity index (χ0v) is 8.85. The number of aryl methyl sites for hydroxylation is 1. The number of aromatic nitrogens is 3. The normalized spacial score (nSPS) is 22.6. The topological polar surface area (TPSA) is 89.0 Å². The highest BCUT2D eigenvalue weighted by atomic mass is 16.3. The van der Waals surface area contributed by atoms with Crippen LogP contribution in [-0.2, 0) is 7.05 Å². The highest BCUT2D eigenvalue weighted by Gasteiger charge is 2.38. The van der Waals surface area contributed by atoms with Crippen molar-refractivity contribution in [3.8, 4) is 0 Å². The second-order valence-corrected chi connectivity index (χ2v) is 4.11. The molecule has 15 heavy (non-hydrogen) atoms. The van der Waals surface area contributed by atoms with E-state index in [9.17, 15) is 5.11 Å². The monoisotopic (exact) mass is 211 g/mol. The Morgan fingerprint density at radius 3 is 2.80 bits per heavy atom. The summed E-state index contributed by atoms with van der Waals surface area (Å²) in [5, 5.41) is 17.7. The SMILES string of the molecule is Cn1cnc(C(N)C2(O)CCNCC2)n1. The molecule has 0 aromatic carbocycles. The van der Waals surface area contributed by atoms with Gasteiger partial charge in [-0.05, 0) is 25.9 Å². The van der Waals surface area contributed by atoms with E-state index in [2.05, 4.69) is 15.4 Å². The van der Waals surface area contributed by atoms with E-state index in [1.807, 2.05) is 0 Å². The third kappa shape index (κ3) is 2.01. The average molecular weight is 211 g/mol. The van der Waals surface area contributed by atoms with Gasteiger partial charge in [0.25, 0.3) is 0 Å². The molecule has 1 aliphatic rings. The Morgan fingerprint density at radius 2 is 2.27 bits per heavy atom. The van der Waals surface area contributed by atoms with E-state index < -0.39 is 11.6 Å². The van der Waals surface area contributed by atoms with Crippen molar-refractivity contribution >= 4 is 0 Å². The zero-order chi connectivity index (χ0) is 10.9. The minimum absolute atomic E-state index is 0.499. The molecule has 0 radical (unpaired) electrons. The van der Waals surface area contributed by atoms with Gasteiger partial charge in [0, 0.05) is 7.05 Å². The molecule has 0 spiro atoms. The average Bonchev–Trinajstić information content (AvgIpc) is 2.65. The first-order chi connectivity index (χ1) is 7.12. The van der Waals surface area contributed by atoms with Gasteiger partial charge in [-0.25, -0.2) is 4.98 Å². The molecule has 4 N–H and O–H groups in total. The summed E-state index contributed by atoms with van der Waals surface area (Å²) in [4.78, 5) is 4.08. The Labute approximate surface area is 88.5 Å². The molecule has 2 heterocycles. The van der Waals surface area contributed by atoms with Gasteiger partial charge in [-0.15, -0.1) is 0 Å². The van der Waals surface area contributed by atoms with Crippen LogP contribution in [0.25, 0.3) is 0 Å². The van der Waals surface area contributed by atoms with Crippen LogP contribution in [0.5, 0.6) is 0 Å². The lowest BCUT2D eigenvalue weighted by atomic mass is 9.85. The van der Waals surface area contributed by atoms with Crippen molar-refractivity contribution in [1.82, 2.24) is 20.1 Å². The van der Waals surface area contributed by atoms with Gasteiger partial charge in [0.05, 0.1) is 11.6 Å². The van der Waals surface area contributed by atoms with E-state index in [4.69, 9.17) is 5.73 Å². The summed E-state index contributed by atoms with van der Waals surface area (Å²) in [6, 6.07) is -0.499. The molecule has 6 heteroatoms. The van der Waals surface area contributed by atoms with Crippen molar-refractivity contribution in [2.24, 2.45) is 12.8 Å². The van der Waals surface area contributed by atoms with Crippen LogP contribution in [0.2, 0.25) is 0 Å². The molecule has 1 aliphatic heterocycles. The minimum Gasteiger partial charge on any atom is -0.388 e. The highest BCUT2D eigenvalue weighted by molar-refractivity contribution is 5.03. The Bertz CT molecular complexity index is 331. The molecule has 1 atom stereocenters. The molecule has 0 bridgehead atoms. The van der Waals surface area contributed by atoms with E-state index >= 15 is 0 Å². The summed E-state index contributed by atoms with van der Waals surface area (Å²) < 4.78 is 1.60. The van der Waals surface area contributed by atoms with Crippen molar-refractivity contribution in [2.45, 2.75) is 24.5 Å². The second-order valence-electron chi connectivity index (χ2n) is 4.11. The number of hydrogen-bond donors (Lipinski definition) is 3. The molecule has 0 saturated carbocycles. The molecule has 1 fully saturated rings. The number of rotatable bonds is 2. The standard InChI is InChI=1S/C9H17N5O/c1-14-6-12-8(13-14)7(10)9(15)2-4-11-5-3-9/h6-7,11,15H,2-5,10H2,1H3. The van der Waals surface area contributed by atoms with Crippen LogP contribution in [-0.4, -0.2) is 38.6 Å². The van der Waals surface area contributed by atoms with Crippen LogP contribution in [0.15, 0.2) is 6.33 Å². The van der Waals surface area contributed by atoms with E-state index in [-0.39, 0.29) is 0 Å².